The van der Waals surface area contributed by atoms with Gasteiger partial charge in [0.05, 0.1) is 9.80 Å². The van der Waals surface area contributed by atoms with Crippen LogP contribution in [-0.4, -0.2) is 41.9 Å². The minimum absolute atomic E-state index is 0.0285. The topological polar surface area (TPSA) is 75.5 Å². The van der Waals surface area contributed by atoms with Crippen LogP contribution in [0.25, 0.3) is 0 Å². The third-order valence-electron chi connectivity index (χ3n) is 3.97. The van der Waals surface area contributed by atoms with Crippen LogP contribution >= 0.6 is 11.3 Å². The van der Waals surface area contributed by atoms with Crippen LogP contribution in [-0.2, 0) is 0 Å². The number of amides is 1. The van der Waals surface area contributed by atoms with Gasteiger partial charge in [0.1, 0.15) is 0 Å². The fourth-order valence-corrected chi connectivity index (χ4v) is 3.70. The van der Waals surface area contributed by atoms with Gasteiger partial charge >= 0.3 is 5.00 Å². The zero-order valence-electron chi connectivity index (χ0n) is 10.4. The highest BCUT2D eigenvalue weighted by Crippen LogP contribution is 2.30. The minimum atomic E-state index is -0.450. The molecule has 19 heavy (non-hydrogen) atoms. The first kappa shape index (κ1) is 12.6. The maximum atomic E-state index is 12.3. The van der Waals surface area contributed by atoms with E-state index in [2.05, 4.69) is 5.32 Å². The van der Waals surface area contributed by atoms with Crippen molar-refractivity contribution in [2.45, 2.75) is 6.42 Å². The number of piperidine rings is 1. The highest BCUT2D eigenvalue weighted by atomic mass is 32.1. The fraction of sp³-hybridized carbons (Fsp3) is 0.583. The van der Waals surface area contributed by atoms with Crippen LogP contribution in [0.4, 0.5) is 5.00 Å². The Morgan fingerprint density at radius 3 is 2.95 bits per heavy atom. The summed E-state index contributed by atoms with van der Waals surface area (Å²) in [4.78, 5) is 24.8. The second-order valence-corrected chi connectivity index (χ2v) is 6.18. The van der Waals surface area contributed by atoms with Gasteiger partial charge in [0.2, 0.25) is 0 Å². The van der Waals surface area contributed by atoms with Gasteiger partial charge in [-0.3, -0.25) is 14.9 Å². The van der Waals surface area contributed by atoms with Crippen molar-refractivity contribution in [1.82, 2.24) is 10.2 Å². The monoisotopic (exact) mass is 281 g/mol. The molecule has 3 heterocycles. The van der Waals surface area contributed by atoms with Crippen LogP contribution in [0.3, 0.4) is 0 Å². The van der Waals surface area contributed by atoms with E-state index in [-0.39, 0.29) is 10.9 Å². The zero-order chi connectivity index (χ0) is 13.4. The molecule has 2 aliphatic heterocycles. The summed E-state index contributed by atoms with van der Waals surface area (Å²) in [6, 6.07) is 2.96. The number of nitrogens with zero attached hydrogens (tertiary/aromatic N) is 2. The van der Waals surface area contributed by atoms with E-state index in [9.17, 15) is 14.9 Å². The van der Waals surface area contributed by atoms with Gasteiger partial charge in [-0.2, -0.15) is 0 Å². The zero-order valence-corrected chi connectivity index (χ0v) is 11.2. The molecule has 3 rings (SSSR count). The van der Waals surface area contributed by atoms with Gasteiger partial charge in [-0.25, -0.2) is 0 Å². The lowest BCUT2D eigenvalue weighted by Gasteiger charge is -2.34. The number of carbonyl (C=O) groups is 1. The molecule has 0 aliphatic carbocycles. The van der Waals surface area contributed by atoms with E-state index in [1.807, 2.05) is 4.90 Å². The Morgan fingerprint density at radius 2 is 2.21 bits per heavy atom. The van der Waals surface area contributed by atoms with Gasteiger partial charge in [-0.15, -0.1) is 0 Å². The number of carbonyl (C=O) groups excluding carboxylic acids is 1. The first-order valence-corrected chi connectivity index (χ1v) is 7.21. The largest absolute Gasteiger partial charge is 0.338 e. The van der Waals surface area contributed by atoms with E-state index in [0.29, 0.717) is 16.7 Å². The van der Waals surface area contributed by atoms with Gasteiger partial charge in [0.25, 0.3) is 5.91 Å². The van der Waals surface area contributed by atoms with Crippen molar-refractivity contribution in [3.05, 3.63) is 27.1 Å². The number of likely N-dealkylation sites (tertiary alicyclic amines) is 1. The molecule has 0 aromatic carbocycles. The maximum absolute atomic E-state index is 12.3. The highest BCUT2D eigenvalue weighted by molar-refractivity contribution is 7.17. The molecular formula is C12H15N3O3S. The molecule has 1 aromatic heterocycles. The van der Waals surface area contributed by atoms with Crippen LogP contribution < -0.4 is 5.32 Å². The van der Waals surface area contributed by atoms with Gasteiger partial charge in [0.15, 0.2) is 0 Å². The molecule has 0 saturated carbocycles. The third kappa shape index (κ3) is 2.35. The van der Waals surface area contributed by atoms with Crippen molar-refractivity contribution >= 4 is 22.2 Å². The molecular weight excluding hydrogens is 266 g/mol. The Bertz CT molecular complexity index is 516. The van der Waals surface area contributed by atoms with Gasteiger partial charge < -0.3 is 10.2 Å². The minimum Gasteiger partial charge on any atom is -0.338 e. The van der Waals surface area contributed by atoms with E-state index >= 15 is 0 Å². The summed E-state index contributed by atoms with van der Waals surface area (Å²) in [7, 11) is 0. The lowest BCUT2D eigenvalue weighted by molar-refractivity contribution is -0.380. The number of fused-ring (bicyclic) bond motifs is 1. The molecule has 2 fully saturated rings. The molecule has 0 spiro atoms. The first-order valence-electron chi connectivity index (χ1n) is 6.39. The second-order valence-electron chi connectivity index (χ2n) is 5.11. The van der Waals surface area contributed by atoms with Crippen molar-refractivity contribution in [3.8, 4) is 0 Å². The number of rotatable bonds is 2. The van der Waals surface area contributed by atoms with Crippen LogP contribution in [0, 0.1) is 22.0 Å². The molecule has 2 unspecified atom stereocenters. The lowest BCUT2D eigenvalue weighted by atomic mass is 9.88. The summed E-state index contributed by atoms with van der Waals surface area (Å²) in [5.41, 5.74) is 0. The van der Waals surface area contributed by atoms with Gasteiger partial charge in [-0.05, 0) is 37.4 Å². The number of thiophene rings is 1. The molecule has 6 nitrogen and oxygen atoms in total. The van der Waals surface area contributed by atoms with E-state index in [4.69, 9.17) is 0 Å². The molecule has 2 atom stereocenters. The Balaban J connectivity index is 1.71. The summed E-state index contributed by atoms with van der Waals surface area (Å²) < 4.78 is 0. The normalized spacial score (nSPS) is 26.2. The van der Waals surface area contributed by atoms with Crippen molar-refractivity contribution in [2.75, 3.05) is 26.2 Å². The molecule has 1 aromatic rings. The molecule has 1 amide bonds. The Kier molecular flexibility index (Phi) is 3.24. The van der Waals surface area contributed by atoms with Gasteiger partial charge in [-0.1, -0.05) is 11.3 Å². The molecule has 2 aliphatic rings. The number of hydrogen-bond acceptors (Lipinski definition) is 5. The molecule has 102 valence electrons. The average molecular weight is 281 g/mol. The predicted octanol–water partition coefficient (Wildman–Crippen LogP) is 1.34. The van der Waals surface area contributed by atoms with Crippen LogP contribution in [0.5, 0.6) is 0 Å². The third-order valence-corrected chi connectivity index (χ3v) is 5.00. The van der Waals surface area contributed by atoms with Crippen LogP contribution in [0.1, 0.15) is 16.1 Å². The Labute approximate surface area is 114 Å². The average Bonchev–Trinajstić information content (AvgIpc) is 3.06. The van der Waals surface area contributed by atoms with Gasteiger partial charge in [0, 0.05) is 19.2 Å². The first-order chi connectivity index (χ1) is 9.15. The maximum Gasteiger partial charge on any atom is 0.324 e. The molecule has 1 N–H and O–H groups in total. The van der Waals surface area contributed by atoms with Crippen molar-refractivity contribution in [3.63, 3.8) is 0 Å². The van der Waals surface area contributed by atoms with Crippen LogP contribution in [0.15, 0.2) is 12.1 Å². The second kappa shape index (κ2) is 4.90. The van der Waals surface area contributed by atoms with E-state index in [1.54, 1.807) is 6.07 Å². The SMILES string of the molecule is O=C(c1ccc([N+](=O)[O-])s1)N1CCC2CNCC2C1. The Morgan fingerprint density at radius 1 is 1.42 bits per heavy atom. The quantitative estimate of drug-likeness (QED) is 0.655. The standard InChI is InChI=1S/C12H15N3O3S/c16-12(10-1-2-11(19-10)15(17)18)14-4-3-8-5-13-6-9(8)7-14/h1-2,8-9,13H,3-7H2. The summed E-state index contributed by atoms with van der Waals surface area (Å²) in [5, 5.41) is 14.0. The van der Waals surface area contributed by atoms with E-state index in [0.717, 1.165) is 43.9 Å². The smallest absolute Gasteiger partial charge is 0.324 e. The lowest BCUT2D eigenvalue weighted by Crippen LogP contribution is -2.43. The summed E-state index contributed by atoms with van der Waals surface area (Å²) in [6.07, 6.45) is 1.02. The molecule has 7 heteroatoms. The van der Waals surface area contributed by atoms with Crippen LogP contribution in [0.2, 0.25) is 0 Å². The van der Waals surface area contributed by atoms with Crippen molar-refractivity contribution in [1.29, 1.82) is 0 Å². The van der Waals surface area contributed by atoms with Crippen molar-refractivity contribution in [2.24, 2.45) is 11.8 Å². The number of nitro groups is 1. The fourth-order valence-electron chi connectivity index (χ4n) is 2.92. The number of hydrogen-bond donors (Lipinski definition) is 1. The van der Waals surface area contributed by atoms with E-state index < -0.39 is 4.92 Å². The number of nitrogens with one attached hydrogen (secondary N) is 1. The molecule has 2 saturated heterocycles. The Hall–Kier alpha value is -1.47. The van der Waals surface area contributed by atoms with Crippen molar-refractivity contribution < 1.29 is 9.72 Å². The summed E-state index contributed by atoms with van der Waals surface area (Å²) in [5.74, 6) is 1.15. The summed E-state index contributed by atoms with van der Waals surface area (Å²) >= 11 is 0.962. The molecule has 0 radical (unpaired) electrons. The summed E-state index contributed by atoms with van der Waals surface area (Å²) in [6.45, 7) is 3.55. The molecule has 0 bridgehead atoms. The highest BCUT2D eigenvalue weighted by Gasteiger charge is 2.35. The van der Waals surface area contributed by atoms with E-state index in [1.165, 1.54) is 6.07 Å². The predicted molar refractivity (Wildman–Crippen MR) is 71.3 cm³/mol.